The molecular weight excluding hydrogens is 369 g/mol. The van der Waals surface area contributed by atoms with Gasteiger partial charge in [0.1, 0.15) is 5.76 Å². The van der Waals surface area contributed by atoms with Gasteiger partial charge >= 0.3 is 0 Å². The van der Waals surface area contributed by atoms with Gasteiger partial charge in [-0.05, 0) is 68.7 Å². The highest BCUT2D eigenvalue weighted by molar-refractivity contribution is 9.10. The summed E-state index contributed by atoms with van der Waals surface area (Å²) in [6, 6.07) is 9.66. The molecule has 0 spiro atoms. The molecule has 0 aliphatic heterocycles. The number of furan rings is 1. The molecule has 0 aliphatic rings. The predicted molar refractivity (Wildman–Crippen MR) is 76.5 cm³/mol. The van der Waals surface area contributed by atoms with Gasteiger partial charge in [-0.1, -0.05) is 17.7 Å². The average molecular weight is 379 g/mol. The third-order valence-corrected chi connectivity index (χ3v) is 4.10. The van der Waals surface area contributed by atoms with Crippen LogP contribution in [0, 0.1) is 0 Å². The van der Waals surface area contributed by atoms with Crippen molar-refractivity contribution in [2.45, 2.75) is 6.04 Å². The van der Waals surface area contributed by atoms with Gasteiger partial charge in [0.15, 0.2) is 4.67 Å². The first-order valence-corrected chi connectivity index (χ1v) is 6.95. The average Bonchev–Trinajstić information content (AvgIpc) is 2.71. The van der Waals surface area contributed by atoms with Crippen LogP contribution >= 0.6 is 43.5 Å². The number of halogens is 3. The third kappa shape index (κ3) is 2.94. The summed E-state index contributed by atoms with van der Waals surface area (Å²) >= 11 is 12.8. The molecule has 2 rings (SSSR count). The zero-order valence-corrected chi connectivity index (χ0v) is 12.9. The minimum atomic E-state index is -0.00750. The van der Waals surface area contributed by atoms with E-state index in [0.29, 0.717) is 5.02 Å². The van der Waals surface area contributed by atoms with Crippen molar-refractivity contribution in [2.24, 2.45) is 0 Å². The highest BCUT2D eigenvalue weighted by Gasteiger charge is 2.16. The summed E-state index contributed by atoms with van der Waals surface area (Å²) in [6.45, 7) is 0. The van der Waals surface area contributed by atoms with Crippen LogP contribution in [0.4, 0.5) is 0 Å². The molecule has 2 aromatic rings. The Balaban J connectivity index is 2.38. The largest absolute Gasteiger partial charge is 0.452 e. The van der Waals surface area contributed by atoms with Gasteiger partial charge in [0.25, 0.3) is 0 Å². The molecule has 1 atom stereocenters. The van der Waals surface area contributed by atoms with Crippen molar-refractivity contribution in [1.29, 1.82) is 0 Å². The van der Waals surface area contributed by atoms with E-state index in [1.54, 1.807) is 0 Å². The Morgan fingerprint density at radius 1 is 1.24 bits per heavy atom. The van der Waals surface area contributed by atoms with E-state index in [1.807, 2.05) is 37.4 Å². The zero-order chi connectivity index (χ0) is 12.4. The summed E-state index contributed by atoms with van der Waals surface area (Å²) in [5.41, 5.74) is 1.06. The van der Waals surface area contributed by atoms with Gasteiger partial charge in [0.05, 0.1) is 11.1 Å². The molecule has 1 aromatic heterocycles. The molecule has 1 heterocycles. The molecule has 1 N–H and O–H groups in total. The minimum absolute atomic E-state index is 0.00750. The Morgan fingerprint density at radius 2 is 2.00 bits per heavy atom. The standard InChI is InChI=1S/C12H10Br2ClNO/c1-16-12(10-4-5-11(14)17-10)7-2-3-8(13)9(15)6-7/h2-6,12,16H,1H3. The van der Waals surface area contributed by atoms with E-state index in [-0.39, 0.29) is 6.04 Å². The number of hydrogen-bond acceptors (Lipinski definition) is 2. The lowest BCUT2D eigenvalue weighted by molar-refractivity contribution is 0.447. The van der Waals surface area contributed by atoms with Crippen molar-refractivity contribution < 1.29 is 4.42 Å². The van der Waals surface area contributed by atoms with Crippen LogP contribution in [0.2, 0.25) is 5.02 Å². The van der Waals surface area contributed by atoms with Crippen molar-refractivity contribution in [1.82, 2.24) is 5.32 Å². The highest BCUT2D eigenvalue weighted by Crippen LogP contribution is 2.30. The first-order valence-electron chi connectivity index (χ1n) is 4.99. The van der Waals surface area contributed by atoms with E-state index < -0.39 is 0 Å². The molecule has 5 heteroatoms. The van der Waals surface area contributed by atoms with Crippen molar-refractivity contribution in [3.05, 3.63) is 55.8 Å². The molecule has 0 fully saturated rings. The summed E-state index contributed by atoms with van der Waals surface area (Å²) in [6.07, 6.45) is 0. The Hall–Kier alpha value is -0.290. The maximum Gasteiger partial charge on any atom is 0.169 e. The van der Waals surface area contributed by atoms with E-state index in [0.717, 1.165) is 20.5 Å². The fourth-order valence-corrected chi connectivity index (χ4v) is 2.40. The summed E-state index contributed by atoms with van der Waals surface area (Å²) in [7, 11) is 1.89. The molecule has 0 radical (unpaired) electrons. The Bertz CT molecular complexity index is 527. The highest BCUT2D eigenvalue weighted by atomic mass is 79.9. The molecule has 0 aliphatic carbocycles. The number of hydrogen-bond donors (Lipinski definition) is 1. The van der Waals surface area contributed by atoms with Crippen molar-refractivity contribution in [3.63, 3.8) is 0 Å². The topological polar surface area (TPSA) is 25.2 Å². The van der Waals surface area contributed by atoms with E-state index in [2.05, 4.69) is 37.2 Å². The van der Waals surface area contributed by atoms with Crippen LogP contribution in [0.1, 0.15) is 17.4 Å². The smallest absolute Gasteiger partial charge is 0.169 e. The number of benzene rings is 1. The minimum Gasteiger partial charge on any atom is -0.452 e. The molecule has 2 nitrogen and oxygen atoms in total. The van der Waals surface area contributed by atoms with Crippen LogP contribution < -0.4 is 5.32 Å². The Labute approximate surface area is 122 Å². The SMILES string of the molecule is CNC(c1ccc(Br)c(Cl)c1)c1ccc(Br)o1. The van der Waals surface area contributed by atoms with Crippen LogP contribution in [0.3, 0.4) is 0 Å². The summed E-state index contributed by atoms with van der Waals surface area (Å²) in [5.74, 6) is 0.845. The normalized spacial score (nSPS) is 12.7. The van der Waals surface area contributed by atoms with Crippen LogP contribution in [0.25, 0.3) is 0 Å². The van der Waals surface area contributed by atoms with Crippen molar-refractivity contribution in [2.75, 3.05) is 7.05 Å². The van der Waals surface area contributed by atoms with Crippen LogP contribution in [0.15, 0.2) is 43.9 Å². The second kappa shape index (κ2) is 5.57. The Morgan fingerprint density at radius 3 is 2.53 bits per heavy atom. The number of rotatable bonds is 3. The van der Waals surface area contributed by atoms with E-state index in [9.17, 15) is 0 Å². The molecule has 1 aromatic carbocycles. The maximum atomic E-state index is 6.09. The van der Waals surface area contributed by atoms with Gasteiger partial charge in [0.2, 0.25) is 0 Å². The second-order valence-electron chi connectivity index (χ2n) is 3.54. The lowest BCUT2D eigenvalue weighted by Gasteiger charge is -2.14. The summed E-state index contributed by atoms with van der Waals surface area (Å²) < 4.78 is 7.17. The quantitative estimate of drug-likeness (QED) is 0.831. The summed E-state index contributed by atoms with van der Waals surface area (Å²) in [4.78, 5) is 0. The second-order valence-corrected chi connectivity index (χ2v) is 5.58. The molecule has 17 heavy (non-hydrogen) atoms. The molecular formula is C12H10Br2ClNO. The third-order valence-electron chi connectivity index (χ3n) is 2.44. The van der Waals surface area contributed by atoms with Gasteiger partial charge in [-0.2, -0.15) is 0 Å². The first kappa shape index (κ1) is 13.1. The molecule has 1 unspecified atom stereocenters. The van der Waals surface area contributed by atoms with Gasteiger partial charge in [0, 0.05) is 4.47 Å². The molecule has 90 valence electrons. The fraction of sp³-hybridized carbons (Fsp3) is 0.167. The molecule has 0 bridgehead atoms. The van der Waals surface area contributed by atoms with Crippen LogP contribution in [-0.4, -0.2) is 7.05 Å². The molecule has 0 saturated heterocycles. The molecule has 0 amide bonds. The lowest BCUT2D eigenvalue weighted by Crippen LogP contribution is -2.16. The van der Waals surface area contributed by atoms with Gasteiger partial charge < -0.3 is 9.73 Å². The Kier molecular flexibility index (Phi) is 4.31. The predicted octanol–water partition coefficient (Wildman–Crippen LogP) is 4.77. The van der Waals surface area contributed by atoms with E-state index in [1.165, 1.54) is 0 Å². The monoisotopic (exact) mass is 377 g/mol. The van der Waals surface area contributed by atoms with Crippen LogP contribution in [-0.2, 0) is 0 Å². The fourth-order valence-electron chi connectivity index (χ4n) is 1.65. The van der Waals surface area contributed by atoms with Crippen molar-refractivity contribution >= 4 is 43.5 Å². The first-order chi connectivity index (χ1) is 8.11. The number of nitrogens with one attached hydrogen (secondary N) is 1. The van der Waals surface area contributed by atoms with Crippen molar-refractivity contribution in [3.8, 4) is 0 Å². The van der Waals surface area contributed by atoms with Gasteiger partial charge in [-0.25, -0.2) is 0 Å². The van der Waals surface area contributed by atoms with E-state index >= 15 is 0 Å². The van der Waals surface area contributed by atoms with Gasteiger partial charge in [-0.15, -0.1) is 0 Å². The molecule has 0 saturated carbocycles. The van der Waals surface area contributed by atoms with Gasteiger partial charge in [-0.3, -0.25) is 0 Å². The van der Waals surface area contributed by atoms with E-state index in [4.69, 9.17) is 16.0 Å². The maximum absolute atomic E-state index is 6.09. The van der Waals surface area contributed by atoms with Crippen LogP contribution in [0.5, 0.6) is 0 Å². The zero-order valence-electron chi connectivity index (χ0n) is 9.01. The lowest BCUT2D eigenvalue weighted by atomic mass is 10.1. The summed E-state index contributed by atoms with van der Waals surface area (Å²) in [5, 5.41) is 3.89.